The molecular formula is C17H18FN3O. The van der Waals surface area contributed by atoms with Crippen molar-refractivity contribution < 1.29 is 8.91 Å². The second kappa shape index (κ2) is 5.40. The highest BCUT2D eigenvalue weighted by atomic mass is 19.1. The van der Waals surface area contributed by atoms with Crippen LogP contribution in [0, 0.1) is 26.6 Å². The molecule has 0 aliphatic carbocycles. The van der Waals surface area contributed by atoms with E-state index >= 15 is 0 Å². The van der Waals surface area contributed by atoms with Crippen molar-refractivity contribution in [3.05, 3.63) is 52.8 Å². The number of benzene rings is 1. The number of pyridine rings is 1. The zero-order valence-electron chi connectivity index (χ0n) is 13.1. The summed E-state index contributed by atoms with van der Waals surface area (Å²) in [5.41, 5.74) is 4.40. The second-order valence-corrected chi connectivity index (χ2v) is 5.58. The summed E-state index contributed by atoms with van der Waals surface area (Å²) in [6.45, 7) is 7.77. The van der Waals surface area contributed by atoms with Crippen LogP contribution < -0.4 is 5.32 Å². The average Bonchev–Trinajstić information content (AvgIpc) is 2.79. The lowest BCUT2D eigenvalue weighted by molar-refractivity contribution is 0.392. The van der Waals surface area contributed by atoms with Gasteiger partial charge in [0.1, 0.15) is 11.6 Å². The maximum absolute atomic E-state index is 13.6. The zero-order valence-corrected chi connectivity index (χ0v) is 13.1. The Bertz CT molecular complexity index is 822. The Morgan fingerprint density at radius 2 is 1.95 bits per heavy atom. The van der Waals surface area contributed by atoms with Crippen LogP contribution in [-0.2, 0) is 0 Å². The minimum absolute atomic E-state index is 0.000447. The number of aryl methyl sites for hydroxylation is 3. The molecule has 0 bridgehead atoms. The summed E-state index contributed by atoms with van der Waals surface area (Å²) in [5, 5.41) is 8.18. The molecule has 5 heteroatoms. The molecular weight excluding hydrogens is 281 g/mol. The fourth-order valence-corrected chi connectivity index (χ4v) is 2.86. The van der Waals surface area contributed by atoms with E-state index in [0.29, 0.717) is 0 Å². The van der Waals surface area contributed by atoms with Crippen molar-refractivity contribution in [1.29, 1.82) is 0 Å². The molecule has 0 spiro atoms. The predicted octanol–water partition coefficient (Wildman–Crippen LogP) is 4.46. The molecule has 1 unspecified atom stereocenters. The Balaban J connectivity index is 2.05. The lowest BCUT2D eigenvalue weighted by Crippen LogP contribution is -2.09. The Labute approximate surface area is 128 Å². The lowest BCUT2D eigenvalue weighted by atomic mass is 10.1. The molecule has 1 atom stereocenters. The van der Waals surface area contributed by atoms with Crippen LogP contribution in [0.4, 0.5) is 10.1 Å². The highest BCUT2D eigenvalue weighted by Crippen LogP contribution is 2.30. The first-order chi connectivity index (χ1) is 10.5. The Kier molecular flexibility index (Phi) is 3.56. The number of anilines is 1. The van der Waals surface area contributed by atoms with Gasteiger partial charge in [-0.3, -0.25) is 4.98 Å². The van der Waals surface area contributed by atoms with Gasteiger partial charge in [-0.2, -0.15) is 0 Å². The molecule has 0 amide bonds. The third kappa shape index (κ3) is 2.54. The second-order valence-electron chi connectivity index (χ2n) is 5.58. The fraction of sp³-hybridized carbons (Fsp3) is 0.294. The van der Waals surface area contributed by atoms with Crippen molar-refractivity contribution in [3.63, 3.8) is 0 Å². The van der Waals surface area contributed by atoms with E-state index in [1.165, 1.54) is 12.1 Å². The van der Waals surface area contributed by atoms with Crippen LogP contribution >= 0.6 is 0 Å². The maximum atomic E-state index is 13.6. The SMILES string of the molecule is Cc1cc(NC(C)c2c(C)noc2C)c2cc(F)ccc2n1. The van der Waals surface area contributed by atoms with Crippen LogP contribution in [0.25, 0.3) is 10.9 Å². The highest BCUT2D eigenvalue weighted by Gasteiger charge is 2.17. The molecule has 2 heterocycles. The van der Waals surface area contributed by atoms with Crippen molar-refractivity contribution in [3.8, 4) is 0 Å². The summed E-state index contributed by atoms with van der Waals surface area (Å²) in [5.74, 6) is 0.518. The number of fused-ring (bicyclic) bond motifs is 1. The van der Waals surface area contributed by atoms with Gasteiger partial charge in [-0.1, -0.05) is 5.16 Å². The topological polar surface area (TPSA) is 51.0 Å². The first kappa shape index (κ1) is 14.5. The van der Waals surface area contributed by atoms with Crippen LogP contribution in [-0.4, -0.2) is 10.1 Å². The molecule has 4 nitrogen and oxygen atoms in total. The minimum Gasteiger partial charge on any atom is -0.378 e. The van der Waals surface area contributed by atoms with Crippen molar-refractivity contribution >= 4 is 16.6 Å². The van der Waals surface area contributed by atoms with Gasteiger partial charge in [0, 0.05) is 22.3 Å². The number of nitrogens with one attached hydrogen (secondary N) is 1. The first-order valence-corrected chi connectivity index (χ1v) is 7.22. The average molecular weight is 299 g/mol. The van der Waals surface area contributed by atoms with Gasteiger partial charge in [0.2, 0.25) is 0 Å². The fourth-order valence-electron chi connectivity index (χ4n) is 2.86. The smallest absolute Gasteiger partial charge is 0.139 e. The van der Waals surface area contributed by atoms with E-state index in [1.54, 1.807) is 6.07 Å². The van der Waals surface area contributed by atoms with E-state index in [4.69, 9.17) is 4.52 Å². The van der Waals surface area contributed by atoms with E-state index in [9.17, 15) is 4.39 Å². The summed E-state index contributed by atoms with van der Waals surface area (Å²) >= 11 is 0. The summed E-state index contributed by atoms with van der Waals surface area (Å²) in [6, 6.07) is 6.56. The summed E-state index contributed by atoms with van der Waals surface area (Å²) in [7, 11) is 0. The van der Waals surface area contributed by atoms with Crippen molar-refractivity contribution in [2.24, 2.45) is 0 Å². The van der Waals surface area contributed by atoms with Crippen LogP contribution in [0.1, 0.15) is 35.7 Å². The Morgan fingerprint density at radius 1 is 1.18 bits per heavy atom. The van der Waals surface area contributed by atoms with Crippen molar-refractivity contribution in [1.82, 2.24) is 10.1 Å². The number of nitrogens with zero attached hydrogens (tertiary/aromatic N) is 2. The largest absolute Gasteiger partial charge is 0.378 e. The van der Waals surface area contributed by atoms with Gasteiger partial charge in [-0.25, -0.2) is 4.39 Å². The zero-order chi connectivity index (χ0) is 15.9. The van der Waals surface area contributed by atoms with Gasteiger partial charge >= 0.3 is 0 Å². The van der Waals surface area contributed by atoms with Gasteiger partial charge in [0.25, 0.3) is 0 Å². The molecule has 3 aromatic rings. The monoisotopic (exact) mass is 299 g/mol. The van der Waals surface area contributed by atoms with E-state index < -0.39 is 0 Å². The van der Waals surface area contributed by atoms with Gasteiger partial charge < -0.3 is 9.84 Å². The number of hydrogen-bond acceptors (Lipinski definition) is 4. The quantitative estimate of drug-likeness (QED) is 0.775. The minimum atomic E-state index is -0.272. The molecule has 0 saturated carbocycles. The molecule has 0 aliphatic heterocycles. The van der Waals surface area contributed by atoms with E-state index in [-0.39, 0.29) is 11.9 Å². The molecule has 1 aromatic carbocycles. The number of hydrogen-bond donors (Lipinski definition) is 1. The molecule has 0 fully saturated rings. The van der Waals surface area contributed by atoms with E-state index in [1.807, 2.05) is 33.8 Å². The van der Waals surface area contributed by atoms with Gasteiger partial charge in [-0.15, -0.1) is 0 Å². The first-order valence-electron chi connectivity index (χ1n) is 7.22. The van der Waals surface area contributed by atoms with Crippen LogP contribution in [0.3, 0.4) is 0 Å². The maximum Gasteiger partial charge on any atom is 0.139 e. The summed E-state index contributed by atoms with van der Waals surface area (Å²) < 4.78 is 18.8. The third-order valence-corrected chi connectivity index (χ3v) is 3.79. The normalized spacial score (nSPS) is 12.6. The molecule has 3 rings (SSSR count). The number of halogens is 1. The molecule has 2 aromatic heterocycles. The molecule has 1 N–H and O–H groups in total. The molecule has 0 radical (unpaired) electrons. The van der Waals surface area contributed by atoms with Crippen LogP contribution in [0.15, 0.2) is 28.8 Å². The van der Waals surface area contributed by atoms with Crippen molar-refractivity contribution in [2.75, 3.05) is 5.32 Å². The molecule has 0 saturated heterocycles. The standard InChI is InChI=1S/C17H18FN3O/c1-9-7-16(14-8-13(18)5-6-15(14)19-9)20-10(2)17-11(3)21-22-12(17)4/h5-8,10H,1-4H3,(H,19,20). The Morgan fingerprint density at radius 3 is 2.64 bits per heavy atom. The van der Waals surface area contributed by atoms with E-state index in [0.717, 1.165) is 39.3 Å². The summed E-state index contributed by atoms with van der Waals surface area (Å²) in [6.07, 6.45) is 0. The highest BCUT2D eigenvalue weighted by molar-refractivity contribution is 5.91. The lowest BCUT2D eigenvalue weighted by Gasteiger charge is -2.17. The van der Waals surface area contributed by atoms with Gasteiger partial charge in [0.05, 0.1) is 17.3 Å². The van der Waals surface area contributed by atoms with Gasteiger partial charge in [0.15, 0.2) is 0 Å². The third-order valence-electron chi connectivity index (χ3n) is 3.79. The molecule has 0 aliphatic rings. The summed E-state index contributed by atoms with van der Waals surface area (Å²) in [4.78, 5) is 4.45. The van der Waals surface area contributed by atoms with Crippen LogP contribution in [0.2, 0.25) is 0 Å². The van der Waals surface area contributed by atoms with Crippen LogP contribution in [0.5, 0.6) is 0 Å². The van der Waals surface area contributed by atoms with E-state index in [2.05, 4.69) is 15.5 Å². The number of rotatable bonds is 3. The van der Waals surface area contributed by atoms with Crippen molar-refractivity contribution in [2.45, 2.75) is 33.7 Å². The Hall–Kier alpha value is -2.43. The van der Waals surface area contributed by atoms with Gasteiger partial charge in [-0.05, 0) is 52.0 Å². The number of aromatic nitrogens is 2. The molecule has 22 heavy (non-hydrogen) atoms. The molecule has 114 valence electrons. The predicted molar refractivity (Wildman–Crippen MR) is 84.5 cm³/mol.